The second kappa shape index (κ2) is 16.2. The highest BCUT2D eigenvalue weighted by atomic mass is 35.5. The van der Waals surface area contributed by atoms with Crippen molar-refractivity contribution in [3.63, 3.8) is 0 Å². The minimum atomic E-state index is -0.469. The van der Waals surface area contributed by atoms with Crippen molar-refractivity contribution in [2.75, 3.05) is 19.8 Å². The van der Waals surface area contributed by atoms with Gasteiger partial charge in [-0.1, -0.05) is 69.9 Å². The summed E-state index contributed by atoms with van der Waals surface area (Å²) in [5, 5.41) is 3.38. The fraction of sp³-hybridized carbons (Fsp3) is 0.636. The molecule has 1 aromatic rings. The number of amides is 1. The summed E-state index contributed by atoms with van der Waals surface area (Å²) in [6.45, 7) is 2.52. The minimum Gasteiger partial charge on any atom is -0.482 e. The second-order valence-corrected chi connectivity index (χ2v) is 7.33. The van der Waals surface area contributed by atoms with Crippen molar-refractivity contribution in [2.24, 2.45) is 0 Å². The van der Waals surface area contributed by atoms with Crippen molar-refractivity contribution >= 4 is 23.5 Å². The van der Waals surface area contributed by atoms with E-state index in [0.29, 0.717) is 23.7 Å². The van der Waals surface area contributed by atoms with Gasteiger partial charge in [0.1, 0.15) is 12.4 Å². The van der Waals surface area contributed by atoms with Crippen LogP contribution in [0.15, 0.2) is 24.3 Å². The van der Waals surface area contributed by atoms with Crippen molar-refractivity contribution in [3.05, 3.63) is 29.3 Å². The maximum Gasteiger partial charge on any atom is 0.344 e. The molecule has 0 spiro atoms. The van der Waals surface area contributed by atoms with E-state index in [9.17, 15) is 9.59 Å². The Kier molecular flexibility index (Phi) is 14.1. The molecule has 28 heavy (non-hydrogen) atoms. The van der Waals surface area contributed by atoms with E-state index in [1.165, 1.54) is 44.9 Å². The maximum absolute atomic E-state index is 11.7. The lowest BCUT2D eigenvalue weighted by atomic mass is 10.1. The van der Waals surface area contributed by atoms with Crippen molar-refractivity contribution in [1.82, 2.24) is 5.32 Å². The molecular formula is C22H34ClNO4. The first kappa shape index (κ1) is 24.3. The Bertz CT molecular complexity index is 548. The molecule has 0 aliphatic carbocycles. The average molecular weight is 412 g/mol. The molecule has 158 valence electrons. The van der Waals surface area contributed by atoms with Crippen LogP contribution in [0.2, 0.25) is 5.02 Å². The van der Waals surface area contributed by atoms with Gasteiger partial charge in [0, 0.05) is 11.4 Å². The molecule has 1 amide bonds. The normalized spacial score (nSPS) is 10.5. The molecule has 0 radical (unpaired) electrons. The van der Waals surface area contributed by atoms with Crippen LogP contribution in [0.3, 0.4) is 0 Å². The monoisotopic (exact) mass is 411 g/mol. The Balaban J connectivity index is 1.91. The summed E-state index contributed by atoms with van der Waals surface area (Å²) < 4.78 is 10.3. The second-order valence-electron chi connectivity index (χ2n) is 6.89. The lowest BCUT2D eigenvalue weighted by Gasteiger charge is -2.08. The van der Waals surface area contributed by atoms with E-state index in [0.717, 1.165) is 12.8 Å². The average Bonchev–Trinajstić information content (AvgIpc) is 2.69. The van der Waals surface area contributed by atoms with Crippen molar-refractivity contribution < 1.29 is 19.1 Å². The first-order chi connectivity index (χ1) is 13.6. The van der Waals surface area contributed by atoms with Crippen molar-refractivity contribution in [3.8, 4) is 5.75 Å². The largest absolute Gasteiger partial charge is 0.482 e. The molecule has 1 aromatic carbocycles. The molecule has 0 aliphatic heterocycles. The third-order valence-electron chi connectivity index (χ3n) is 4.36. The molecule has 0 unspecified atom stereocenters. The smallest absolute Gasteiger partial charge is 0.344 e. The van der Waals surface area contributed by atoms with Gasteiger partial charge in [-0.05, 0) is 30.7 Å². The Morgan fingerprint density at radius 1 is 0.929 bits per heavy atom. The van der Waals surface area contributed by atoms with Crippen LogP contribution in [-0.4, -0.2) is 31.6 Å². The molecule has 0 fully saturated rings. The highest BCUT2D eigenvalue weighted by Gasteiger charge is 2.05. The van der Waals surface area contributed by atoms with E-state index in [2.05, 4.69) is 12.2 Å². The van der Waals surface area contributed by atoms with Gasteiger partial charge in [-0.25, -0.2) is 4.79 Å². The van der Waals surface area contributed by atoms with Gasteiger partial charge in [0.2, 0.25) is 5.91 Å². The number of carbonyl (C=O) groups excluding carboxylic acids is 2. The van der Waals surface area contributed by atoms with Crippen LogP contribution in [0, 0.1) is 0 Å². The van der Waals surface area contributed by atoms with Gasteiger partial charge in [-0.3, -0.25) is 4.79 Å². The number of halogens is 1. The molecule has 0 atom stereocenters. The van der Waals surface area contributed by atoms with E-state index < -0.39 is 5.97 Å². The van der Waals surface area contributed by atoms with Crippen LogP contribution in [0.5, 0.6) is 5.75 Å². The molecule has 0 aromatic heterocycles. The van der Waals surface area contributed by atoms with E-state index in [1.807, 2.05) is 0 Å². The molecule has 5 nitrogen and oxygen atoms in total. The van der Waals surface area contributed by atoms with Gasteiger partial charge in [-0.2, -0.15) is 0 Å². The molecule has 0 bridgehead atoms. The standard InChI is InChI=1S/C22H34ClNO4/c1-2-3-4-5-6-7-8-9-10-11-21(25)24-16-17-27-22(26)18-28-20-14-12-19(23)13-15-20/h12-15H,2-11,16-18H2,1H3,(H,24,25). The molecule has 1 rings (SSSR count). The zero-order valence-corrected chi connectivity index (χ0v) is 17.8. The Morgan fingerprint density at radius 3 is 2.18 bits per heavy atom. The number of ether oxygens (including phenoxy) is 2. The first-order valence-electron chi connectivity index (χ1n) is 10.4. The third-order valence-corrected chi connectivity index (χ3v) is 4.62. The molecule has 0 saturated carbocycles. The van der Waals surface area contributed by atoms with Gasteiger partial charge in [-0.15, -0.1) is 0 Å². The summed E-state index contributed by atoms with van der Waals surface area (Å²) in [5.74, 6) is 0.0927. The fourth-order valence-electron chi connectivity index (χ4n) is 2.75. The van der Waals surface area contributed by atoms with Crippen LogP contribution < -0.4 is 10.1 Å². The Morgan fingerprint density at radius 2 is 1.54 bits per heavy atom. The summed E-state index contributed by atoms with van der Waals surface area (Å²) in [5.41, 5.74) is 0. The summed E-state index contributed by atoms with van der Waals surface area (Å²) in [7, 11) is 0. The van der Waals surface area contributed by atoms with E-state index in [-0.39, 0.29) is 19.1 Å². The highest BCUT2D eigenvalue weighted by Crippen LogP contribution is 2.15. The van der Waals surface area contributed by atoms with Gasteiger partial charge >= 0.3 is 5.97 Å². The molecule has 0 heterocycles. The van der Waals surface area contributed by atoms with Crippen LogP contribution in [0.1, 0.15) is 71.1 Å². The van der Waals surface area contributed by atoms with Gasteiger partial charge < -0.3 is 14.8 Å². The summed E-state index contributed by atoms with van der Waals surface area (Å²) >= 11 is 5.78. The predicted molar refractivity (Wildman–Crippen MR) is 113 cm³/mol. The quantitative estimate of drug-likeness (QED) is 0.296. The number of nitrogens with one attached hydrogen (secondary N) is 1. The van der Waals surface area contributed by atoms with Crippen LogP contribution in [0.4, 0.5) is 0 Å². The number of carbonyl (C=O) groups is 2. The molecule has 0 aliphatic rings. The van der Waals surface area contributed by atoms with Gasteiger partial charge in [0.05, 0.1) is 6.54 Å². The Hall–Kier alpha value is -1.75. The number of hydrogen-bond acceptors (Lipinski definition) is 4. The molecule has 6 heteroatoms. The molecule has 1 N–H and O–H groups in total. The number of hydrogen-bond donors (Lipinski definition) is 1. The lowest BCUT2D eigenvalue weighted by Crippen LogP contribution is -2.28. The van der Waals surface area contributed by atoms with Gasteiger partial charge in [0.15, 0.2) is 6.61 Å². The van der Waals surface area contributed by atoms with Crippen molar-refractivity contribution in [1.29, 1.82) is 0 Å². The summed E-state index contributed by atoms with van der Waals surface area (Å²) in [6.07, 6.45) is 11.6. The zero-order valence-electron chi connectivity index (χ0n) is 17.0. The van der Waals surface area contributed by atoms with Gasteiger partial charge in [0.25, 0.3) is 0 Å². The number of rotatable bonds is 16. The number of esters is 1. The number of unbranched alkanes of at least 4 members (excludes halogenated alkanes) is 8. The van der Waals surface area contributed by atoms with Crippen LogP contribution in [-0.2, 0) is 14.3 Å². The highest BCUT2D eigenvalue weighted by molar-refractivity contribution is 6.30. The van der Waals surface area contributed by atoms with E-state index >= 15 is 0 Å². The topological polar surface area (TPSA) is 64.6 Å². The zero-order chi connectivity index (χ0) is 20.5. The predicted octanol–water partition coefficient (Wildman–Crippen LogP) is 5.30. The first-order valence-corrected chi connectivity index (χ1v) is 10.8. The lowest BCUT2D eigenvalue weighted by molar-refractivity contribution is -0.146. The third kappa shape index (κ3) is 13.4. The van der Waals surface area contributed by atoms with E-state index in [4.69, 9.17) is 21.1 Å². The molecule has 0 saturated heterocycles. The minimum absolute atomic E-state index is 0.0106. The SMILES string of the molecule is CCCCCCCCCCCC(=O)NCCOC(=O)COc1ccc(Cl)cc1. The molecular weight excluding hydrogens is 378 g/mol. The fourth-order valence-corrected chi connectivity index (χ4v) is 2.88. The maximum atomic E-state index is 11.7. The summed E-state index contributed by atoms with van der Waals surface area (Å²) in [6, 6.07) is 6.74. The Labute approximate surface area is 174 Å². The van der Waals surface area contributed by atoms with E-state index in [1.54, 1.807) is 24.3 Å². The van der Waals surface area contributed by atoms with Crippen LogP contribution in [0.25, 0.3) is 0 Å². The van der Waals surface area contributed by atoms with Crippen LogP contribution >= 0.6 is 11.6 Å². The number of benzene rings is 1. The van der Waals surface area contributed by atoms with Crippen molar-refractivity contribution in [2.45, 2.75) is 71.1 Å². The summed E-state index contributed by atoms with van der Waals surface area (Å²) in [4.78, 5) is 23.3.